The Kier molecular flexibility index (Phi) is 5.97. The highest BCUT2D eigenvalue weighted by Crippen LogP contribution is 2.02. The summed E-state index contributed by atoms with van der Waals surface area (Å²) in [7, 11) is 0.0904. The monoisotopic (exact) mass is 152 g/mol. The molecule has 50 valence electrons. The van der Waals surface area contributed by atoms with Gasteiger partial charge in [0.1, 0.15) is 0 Å². The zero-order valence-corrected chi connectivity index (χ0v) is 6.65. The van der Waals surface area contributed by atoms with Crippen molar-refractivity contribution in [2.75, 3.05) is 18.6 Å². The van der Waals surface area contributed by atoms with Gasteiger partial charge in [-0.2, -0.15) is 0 Å². The summed E-state index contributed by atoms with van der Waals surface area (Å²) < 4.78 is 3.10. The number of rotatable bonds is 4. The molecule has 0 fully saturated rings. The molecule has 0 aliphatic carbocycles. The molecule has 0 heterocycles. The Morgan fingerprint density at radius 2 is 2.50 bits per heavy atom. The molecule has 8 heavy (non-hydrogen) atoms. The van der Waals surface area contributed by atoms with E-state index in [9.17, 15) is 0 Å². The van der Waals surface area contributed by atoms with Crippen molar-refractivity contribution >= 4 is 28.5 Å². The zero-order valence-electron chi connectivity index (χ0n) is 5.02. The van der Waals surface area contributed by atoms with Crippen LogP contribution in [0, 0.1) is 0 Å². The van der Waals surface area contributed by atoms with Crippen LogP contribution in [0.25, 0.3) is 0 Å². The Balaban J connectivity index is 2.82. The van der Waals surface area contributed by atoms with E-state index < -0.39 is 0 Å². The lowest BCUT2D eigenvalue weighted by Crippen LogP contribution is -2.05. The second-order valence-electron chi connectivity index (χ2n) is 1.36. The molecule has 0 saturated heterocycles. The summed E-state index contributed by atoms with van der Waals surface area (Å²) in [5.41, 5.74) is 5.24. The summed E-state index contributed by atoms with van der Waals surface area (Å²) in [6.45, 7) is 0.731. The van der Waals surface area contributed by atoms with E-state index in [2.05, 4.69) is 10.00 Å². The fourth-order valence-electron chi connectivity index (χ4n) is 0.201. The van der Waals surface area contributed by atoms with Gasteiger partial charge in [0.25, 0.3) is 0 Å². The lowest BCUT2D eigenvalue weighted by atomic mass is 10.8. The third-order valence-corrected chi connectivity index (χ3v) is 2.47. The van der Waals surface area contributed by atoms with Gasteiger partial charge in [-0.3, -0.25) is 0 Å². The Hall–Kier alpha value is 0.490. The van der Waals surface area contributed by atoms with Crippen LogP contribution in [0.5, 0.6) is 0 Å². The first-order valence-electron chi connectivity index (χ1n) is 2.30. The third-order valence-electron chi connectivity index (χ3n) is 0.421. The maximum atomic E-state index is 5.24. The number of hydrogen-bond acceptors (Lipinski definition) is 3. The van der Waals surface area contributed by atoms with E-state index in [0.717, 1.165) is 12.3 Å². The van der Waals surface area contributed by atoms with E-state index in [4.69, 9.17) is 5.73 Å². The third kappa shape index (κ3) is 6.49. The second kappa shape index (κ2) is 5.62. The molecule has 3 N–H and O–H groups in total. The minimum absolute atomic E-state index is 0.0904. The molecule has 0 amide bonds. The van der Waals surface area contributed by atoms with Crippen LogP contribution < -0.4 is 9.86 Å². The topological polar surface area (TPSA) is 38.0 Å². The maximum absolute atomic E-state index is 5.24. The van der Waals surface area contributed by atoms with Crippen molar-refractivity contribution in [2.45, 2.75) is 0 Å². The summed E-state index contributed by atoms with van der Waals surface area (Å²) in [6, 6.07) is 0. The lowest BCUT2D eigenvalue weighted by molar-refractivity contribution is 1.15. The number of hydrogen-bond donors (Lipinski definition) is 2. The molecule has 1 atom stereocenters. The quantitative estimate of drug-likeness (QED) is 0.348. The minimum atomic E-state index is 0.0904. The first-order chi connectivity index (χ1) is 3.77. The Labute approximate surface area is 57.4 Å². The fraction of sp³-hybridized carbons (Fsp3) is 0.750. The number of nitrogens with two attached hydrogens (primary N) is 1. The van der Waals surface area contributed by atoms with Gasteiger partial charge in [0.2, 0.25) is 0 Å². The van der Waals surface area contributed by atoms with Gasteiger partial charge < -0.3 is 5.73 Å². The first-order valence-corrected chi connectivity index (χ1v) is 5.09. The van der Waals surface area contributed by atoms with Gasteiger partial charge in [-0.05, 0) is 6.26 Å². The van der Waals surface area contributed by atoms with Crippen molar-refractivity contribution in [3.63, 3.8) is 0 Å². The van der Waals surface area contributed by atoms with Crippen molar-refractivity contribution in [3.05, 3.63) is 0 Å². The van der Waals surface area contributed by atoms with Gasteiger partial charge in [-0.15, -0.1) is 10.7 Å². The van der Waals surface area contributed by atoms with E-state index >= 15 is 0 Å². The molecule has 1 unspecified atom stereocenters. The second-order valence-corrected chi connectivity index (χ2v) is 4.00. The van der Waals surface area contributed by atoms with Crippen LogP contribution in [0.2, 0.25) is 0 Å². The zero-order chi connectivity index (χ0) is 6.41. The van der Waals surface area contributed by atoms with E-state index in [1.807, 2.05) is 6.26 Å². The number of nitrogens with one attached hydrogen (secondary N) is 1. The molecule has 0 radical (unpaired) electrons. The smallest absolute Gasteiger partial charge is 0.0210 e. The molecule has 0 bridgehead atoms. The van der Waals surface area contributed by atoms with E-state index in [-0.39, 0.29) is 10.7 Å². The molecule has 0 saturated carbocycles. The van der Waals surface area contributed by atoms with Crippen LogP contribution >= 0.6 is 22.6 Å². The van der Waals surface area contributed by atoms with Crippen LogP contribution in [0.4, 0.5) is 0 Å². The normalized spacial score (nSPS) is 13.8. The van der Waals surface area contributed by atoms with E-state index in [1.54, 1.807) is 11.9 Å². The molecule has 2 nitrogen and oxygen atoms in total. The van der Waals surface area contributed by atoms with Crippen LogP contribution in [0.15, 0.2) is 0 Å². The molecule has 0 aromatic carbocycles. The Bertz CT molecular complexity index is 74.4. The van der Waals surface area contributed by atoms with Gasteiger partial charge in [-0.1, -0.05) is 17.8 Å². The van der Waals surface area contributed by atoms with E-state index in [1.165, 1.54) is 0 Å². The van der Waals surface area contributed by atoms with Gasteiger partial charge in [0, 0.05) is 12.3 Å². The van der Waals surface area contributed by atoms with Crippen molar-refractivity contribution in [2.24, 2.45) is 5.73 Å². The van der Waals surface area contributed by atoms with E-state index in [0.29, 0.717) is 0 Å². The molecule has 0 spiro atoms. The molecule has 0 aromatic heterocycles. The summed E-state index contributed by atoms with van der Waals surface area (Å²) in [5.74, 6) is 4.73. The first kappa shape index (κ1) is 8.49. The average Bonchev–Trinajstić information content (AvgIpc) is 1.66. The lowest BCUT2D eigenvalue weighted by Gasteiger charge is -1.99. The summed E-state index contributed by atoms with van der Waals surface area (Å²) in [4.78, 5) is 0. The van der Waals surface area contributed by atoms with Gasteiger partial charge in [0.05, 0.1) is 0 Å². The van der Waals surface area contributed by atoms with Crippen molar-refractivity contribution in [3.8, 4) is 0 Å². The standard InChI is InChI=1S/C4H12N2S2/c1-8(2)6-7-4-3-5/h6H,1,3-5H2,2H3. The molecule has 0 aliphatic heterocycles. The predicted molar refractivity (Wildman–Crippen MR) is 45.3 cm³/mol. The van der Waals surface area contributed by atoms with Crippen LogP contribution in [0.1, 0.15) is 0 Å². The molecule has 0 aliphatic rings. The fourth-order valence-corrected chi connectivity index (χ4v) is 1.46. The maximum Gasteiger partial charge on any atom is 0.0210 e. The predicted octanol–water partition coefficient (Wildman–Crippen LogP) is 0.429. The molecule has 4 heteroatoms. The largest absolute Gasteiger partial charge is 0.330 e. The van der Waals surface area contributed by atoms with Crippen LogP contribution in [-0.2, 0) is 0 Å². The van der Waals surface area contributed by atoms with Crippen LogP contribution in [0.3, 0.4) is 0 Å². The summed E-state index contributed by atoms with van der Waals surface area (Å²) in [5, 5.41) is 0. The van der Waals surface area contributed by atoms with Gasteiger partial charge >= 0.3 is 0 Å². The molecular weight excluding hydrogens is 140 g/mol. The van der Waals surface area contributed by atoms with Crippen molar-refractivity contribution in [1.82, 2.24) is 4.13 Å². The molecule has 0 rings (SSSR count). The van der Waals surface area contributed by atoms with Crippen LogP contribution in [-0.4, -0.2) is 24.4 Å². The Morgan fingerprint density at radius 1 is 1.88 bits per heavy atom. The summed E-state index contributed by atoms with van der Waals surface area (Å²) >= 11 is 1.64. The highest BCUT2D eigenvalue weighted by atomic mass is 32.2. The molecular formula is C4H12N2S2. The minimum Gasteiger partial charge on any atom is -0.330 e. The van der Waals surface area contributed by atoms with Gasteiger partial charge in [-0.25, -0.2) is 4.13 Å². The van der Waals surface area contributed by atoms with Gasteiger partial charge in [0.15, 0.2) is 0 Å². The molecule has 0 aromatic rings. The Morgan fingerprint density at radius 3 is 2.88 bits per heavy atom. The SMILES string of the molecule is C=S(C)NSCCN. The highest BCUT2D eigenvalue weighted by molar-refractivity contribution is 8.21. The summed E-state index contributed by atoms with van der Waals surface area (Å²) in [6.07, 6.45) is 2.03. The van der Waals surface area contributed by atoms with Crippen molar-refractivity contribution in [1.29, 1.82) is 0 Å². The highest BCUT2D eigenvalue weighted by Gasteiger charge is 1.81. The van der Waals surface area contributed by atoms with Crippen molar-refractivity contribution < 1.29 is 0 Å². The average molecular weight is 152 g/mol.